The fourth-order valence-electron chi connectivity index (χ4n) is 2.63. The molecule has 0 aromatic carbocycles. The van der Waals surface area contributed by atoms with Gasteiger partial charge in [-0.2, -0.15) is 9.40 Å². The maximum absolute atomic E-state index is 12.4. The number of aryl methyl sites for hydroxylation is 1. The molecule has 0 aliphatic carbocycles. The summed E-state index contributed by atoms with van der Waals surface area (Å²) in [5.41, 5.74) is 0.251. The number of aromatic nitrogens is 2. The molecule has 1 aliphatic rings. The molecule has 0 radical (unpaired) electrons. The lowest BCUT2D eigenvalue weighted by Gasteiger charge is -2.37. The lowest BCUT2D eigenvalue weighted by atomic mass is 9.76. The summed E-state index contributed by atoms with van der Waals surface area (Å²) in [6.07, 6.45) is 3.51. The van der Waals surface area contributed by atoms with E-state index in [1.54, 1.807) is 23.6 Å². The zero-order valence-corrected chi connectivity index (χ0v) is 12.9. The molecule has 1 fully saturated rings. The van der Waals surface area contributed by atoms with E-state index in [2.05, 4.69) is 25.9 Å². The van der Waals surface area contributed by atoms with Gasteiger partial charge >= 0.3 is 0 Å². The minimum atomic E-state index is -3.41. The van der Waals surface area contributed by atoms with Gasteiger partial charge in [-0.15, -0.1) is 0 Å². The van der Waals surface area contributed by atoms with Crippen molar-refractivity contribution in [3.8, 4) is 0 Å². The molecule has 1 aromatic rings. The van der Waals surface area contributed by atoms with E-state index in [4.69, 9.17) is 0 Å². The second-order valence-electron chi connectivity index (χ2n) is 6.37. The van der Waals surface area contributed by atoms with Crippen molar-refractivity contribution in [2.75, 3.05) is 13.1 Å². The normalized spacial score (nSPS) is 19.8. The van der Waals surface area contributed by atoms with Gasteiger partial charge in [0.2, 0.25) is 0 Å². The van der Waals surface area contributed by atoms with Crippen molar-refractivity contribution in [2.24, 2.45) is 18.4 Å². The first-order chi connectivity index (χ1) is 8.71. The summed E-state index contributed by atoms with van der Waals surface area (Å²) in [5.74, 6) is 0.586. The van der Waals surface area contributed by atoms with Crippen molar-refractivity contribution >= 4 is 10.0 Å². The second-order valence-corrected chi connectivity index (χ2v) is 8.26. The van der Waals surface area contributed by atoms with E-state index < -0.39 is 10.0 Å². The molecule has 2 rings (SSSR count). The van der Waals surface area contributed by atoms with Crippen LogP contribution >= 0.6 is 0 Å². The Kier molecular flexibility index (Phi) is 3.75. The molecule has 0 saturated carbocycles. The number of hydrogen-bond donors (Lipinski definition) is 0. The highest BCUT2D eigenvalue weighted by molar-refractivity contribution is 7.89. The maximum atomic E-state index is 12.4. The first-order valence-corrected chi connectivity index (χ1v) is 8.15. The Balaban J connectivity index is 2.09. The lowest BCUT2D eigenvalue weighted by Crippen LogP contribution is -2.41. The Labute approximate surface area is 115 Å². The summed E-state index contributed by atoms with van der Waals surface area (Å²) in [4.78, 5) is 0. The van der Waals surface area contributed by atoms with Gasteiger partial charge in [0.15, 0.2) is 5.03 Å². The van der Waals surface area contributed by atoms with Gasteiger partial charge in [0.25, 0.3) is 10.0 Å². The molecule has 0 N–H and O–H groups in total. The highest BCUT2D eigenvalue weighted by Crippen LogP contribution is 2.35. The number of sulfonamides is 1. The summed E-state index contributed by atoms with van der Waals surface area (Å²) < 4.78 is 27.9. The van der Waals surface area contributed by atoms with Gasteiger partial charge in [0, 0.05) is 26.3 Å². The van der Waals surface area contributed by atoms with Crippen LogP contribution in [0.3, 0.4) is 0 Å². The van der Waals surface area contributed by atoms with Crippen LogP contribution < -0.4 is 0 Å². The van der Waals surface area contributed by atoms with E-state index in [-0.39, 0.29) is 10.4 Å². The third kappa shape index (κ3) is 3.00. The predicted molar refractivity (Wildman–Crippen MR) is 74.1 cm³/mol. The molecule has 5 nitrogen and oxygen atoms in total. The SMILES string of the molecule is Cn1ccc(S(=O)(=O)N2CCC(C(C)(C)C)CC2)n1. The standard InChI is InChI=1S/C13H23N3O2S/c1-13(2,3)11-5-9-16(10-6-11)19(17,18)12-7-8-15(4)14-12/h7-8,11H,5-6,9-10H2,1-4H3. The molecule has 2 heterocycles. The number of piperidine rings is 1. The Morgan fingerprint density at radius 1 is 1.26 bits per heavy atom. The number of rotatable bonds is 2. The summed E-state index contributed by atoms with van der Waals surface area (Å²) in [5, 5.41) is 4.17. The van der Waals surface area contributed by atoms with Crippen molar-refractivity contribution in [1.82, 2.24) is 14.1 Å². The molecule has 1 aromatic heterocycles. The van der Waals surface area contributed by atoms with Crippen LogP contribution in [0.1, 0.15) is 33.6 Å². The smallest absolute Gasteiger partial charge is 0.262 e. The van der Waals surface area contributed by atoms with Crippen LogP contribution in [-0.4, -0.2) is 35.6 Å². The molecule has 0 bridgehead atoms. The van der Waals surface area contributed by atoms with Gasteiger partial charge in [-0.1, -0.05) is 20.8 Å². The Bertz CT molecular complexity index is 534. The van der Waals surface area contributed by atoms with Crippen LogP contribution in [0.4, 0.5) is 0 Å². The molecule has 0 amide bonds. The maximum Gasteiger partial charge on any atom is 0.262 e. The first kappa shape index (κ1) is 14.5. The average molecular weight is 285 g/mol. The summed E-state index contributed by atoms with van der Waals surface area (Å²) >= 11 is 0. The van der Waals surface area contributed by atoms with Crippen LogP contribution in [0.5, 0.6) is 0 Å². The molecule has 1 saturated heterocycles. The molecule has 1 aliphatic heterocycles. The van der Waals surface area contributed by atoms with Crippen LogP contribution in [-0.2, 0) is 17.1 Å². The van der Waals surface area contributed by atoms with Crippen molar-refractivity contribution < 1.29 is 8.42 Å². The van der Waals surface area contributed by atoms with E-state index in [0.29, 0.717) is 19.0 Å². The van der Waals surface area contributed by atoms with Gasteiger partial charge in [0.1, 0.15) is 0 Å². The summed E-state index contributed by atoms with van der Waals surface area (Å²) in [6.45, 7) is 7.86. The molecule has 108 valence electrons. The molecule has 6 heteroatoms. The quantitative estimate of drug-likeness (QED) is 0.833. The van der Waals surface area contributed by atoms with E-state index in [0.717, 1.165) is 12.8 Å². The molecule has 0 atom stereocenters. The van der Waals surface area contributed by atoms with Crippen molar-refractivity contribution in [3.05, 3.63) is 12.3 Å². The van der Waals surface area contributed by atoms with Gasteiger partial charge in [-0.05, 0) is 30.2 Å². The molecule has 0 spiro atoms. The monoisotopic (exact) mass is 285 g/mol. The van der Waals surface area contributed by atoms with Crippen molar-refractivity contribution in [3.63, 3.8) is 0 Å². The Morgan fingerprint density at radius 3 is 2.26 bits per heavy atom. The van der Waals surface area contributed by atoms with Crippen LogP contribution in [0.2, 0.25) is 0 Å². The van der Waals surface area contributed by atoms with Gasteiger partial charge in [-0.3, -0.25) is 4.68 Å². The van der Waals surface area contributed by atoms with E-state index in [1.165, 1.54) is 4.68 Å². The molecular weight excluding hydrogens is 262 g/mol. The van der Waals surface area contributed by atoms with E-state index >= 15 is 0 Å². The van der Waals surface area contributed by atoms with Crippen molar-refractivity contribution in [1.29, 1.82) is 0 Å². The van der Waals surface area contributed by atoms with Gasteiger partial charge < -0.3 is 0 Å². The van der Waals surface area contributed by atoms with Gasteiger partial charge in [-0.25, -0.2) is 8.42 Å². The third-order valence-corrected chi connectivity index (χ3v) is 5.76. The number of hydrogen-bond acceptors (Lipinski definition) is 3. The fraction of sp³-hybridized carbons (Fsp3) is 0.769. The van der Waals surface area contributed by atoms with Crippen LogP contribution in [0.15, 0.2) is 17.3 Å². The Morgan fingerprint density at radius 2 is 1.84 bits per heavy atom. The fourth-order valence-corrected chi connectivity index (χ4v) is 4.05. The summed E-state index contributed by atoms with van der Waals surface area (Å²) in [6, 6.07) is 1.56. The largest absolute Gasteiger partial charge is 0.274 e. The van der Waals surface area contributed by atoms with Gasteiger partial charge in [0.05, 0.1) is 0 Å². The molecule has 0 unspecified atom stereocenters. The minimum absolute atomic E-state index is 0.157. The third-order valence-electron chi connectivity index (χ3n) is 3.97. The Hall–Kier alpha value is -0.880. The topological polar surface area (TPSA) is 55.2 Å². The van der Waals surface area contributed by atoms with E-state index in [1.807, 2.05) is 0 Å². The number of nitrogens with zero attached hydrogens (tertiary/aromatic N) is 3. The zero-order valence-electron chi connectivity index (χ0n) is 12.1. The molecular formula is C13H23N3O2S. The zero-order chi connectivity index (χ0) is 14.3. The van der Waals surface area contributed by atoms with Crippen molar-refractivity contribution in [2.45, 2.75) is 38.6 Å². The second kappa shape index (κ2) is 4.90. The van der Waals surface area contributed by atoms with E-state index in [9.17, 15) is 8.42 Å². The average Bonchev–Trinajstić information content (AvgIpc) is 2.76. The van der Waals surface area contributed by atoms with Crippen LogP contribution in [0, 0.1) is 11.3 Å². The lowest BCUT2D eigenvalue weighted by molar-refractivity contribution is 0.154. The predicted octanol–water partition coefficient (Wildman–Crippen LogP) is 1.87. The summed E-state index contributed by atoms with van der Waals surface area (Å²) in [7, 11) is -1.68. The van der Waals surface area contributed by atoms with Crippen LogP contribution in [0.25, 0.3) is 0 Å². The first-order valence-electron chi connectivity index (χ1n) is 6.71. The minimum Gasteiger partial charge on any atom is -0.274 e. The highest BCUT2D eigenvalue weighted by Gasteiger charge is 2.34. The molecule has 19 heavy (non-hydrogen) atoms. The highest BCUT2D eigenvalue weighted by atomic mass is 32.2.